The number of aliphatic hydroxyl groups excluding tert-OH is 1. The summed E-state index contributed by atoms with van der Waals surface area (Å²) in [7, 11) is 1.26. The molecule has 1 saturated heterocycles. The van der Waals surface area contributed by atoms with Gasteiger partial charge in [0.05, 0.1) is 44.0 Å². The third kappa shape index (κ3) is 32.5. The maximum Gasteiger partial charge on any atom is 0.357 e. The number of aliphatic hydroxyl groups is 1. The number of ketones is 1. The summed E-state index contributed by atoms with van der Waals surface area (Å²) in [6.45, 7) is 7.00. The molecule has 2 aromatic carbocycles. The lowest BCUT2D eigenvalue weighted by Crippen LogP contribution is -2.61. The lowest BCUT2D eigenvalue weighted by molar-refractivity contribution is -0.165. The number of aliphatic carboxylic acids is 1. The van der Waals surface area contributed by atoms with Crippen LogP contribution in [0.1, 0.15) is 356 Å². The number of carboxylic acid groups (broad SMARTS) is 1. The van der Waals surface area contributed by atoms with Gasteiger partial charge in [0.1, 0.15) is 11.9 Å². The second-order valence-corrected chi connectivity index (χ2v) is 27.4. The summed E-state index contributed by atoms with van der Waals surface area (Å²) in [5.41, 5.74) is 1.66. The molecule has 1 unspecified atom stereocenters. The van der Waals surface area contributed by atoms with Crippen LogP contribution in [0.2, 0.25) is 0 Å². The number of esters is 1. The van der Waals surface area contributed by atoms with Gasteiger partial charge in [-0.2, -0.15) is 4.98 Å². The van der Waals surface area contributed by atoms with Crippen molar-refractivity contribution in [2.45, 2.75) is 353 Å². The van der Waals surface area contributed by atoms with Crippen LogP contribution in [0.3, 0.4) is 0 Å². The lowest BCUT2D eigenvalue weighted by atomic mass is 9.75. The van der Waals surface area contributed by atoms with Gasteiger partial charge in [0.2, 0.25) is 11.5 Å². The van der Waals surface area contributed by atoms with E-state index in [0.29, 0.717) is 25.6 Å². The van der Waals surface area contributed by atoms with E-state index in [2.05, 4.69) is 25.8 Å². The number of carbonyl (C=O) groups is 3. The molecule has 4 N–H and O–H groups in total. The number of aromatic nitrogens is 2. The van der Waals surface area contributed by atoms with Crippen LogP contribution in [0, 0.1) is 5.92 Å². The molecule has 0 aliphatic carbocycles. The normalized spacial score (nSPS) is 16.1. The first-order valence-corrected chi connectivity index (χ1v) is 38.8. The minimum absolute atomic E-state index is 0.0695. The third-order valence-corrected chi connectivity index (χ3v) is 19.4. The molecule has 1 aliphatic heterocycles. The molecule has 5 atom stereocenters. The average Bonchev–Trinajstić information content (AvgIpc) is 1.67. The highest BCUT2D eigenvalue weighted by molar-refractivity contribution is 6.17. The topological polar surface area (TPSA) is 208 Å². The molecule has 15 nitrogen and oxygen atoms in total. The maximum atomic E-state index is 15.3. The Morgan fingerprint density at radius 3 is 1.18 bits per heavy atom. The third-order valence-electron chi connectivity index (χ3n) is 19.4. The van der Waals surface area contributed by atoms with E-state index >= 15 is 9.59 Å². The molecule has 0 spiro atoms. The molecular weight excluding hydrogens is 1190 g/mol. The van der Waals surface area contributed by atoms with E-state index in [1.165, 1.54) is 281 Å². The van der Waals surface area contributed by atoms with E-state index in [1.54, 1.807) is 18.2 Å². The van der Waals surface area contributed by atoms with Gasteiger partial charge in [-0.1, -0.05) is 340 Å². The Hall–Kier alpha value is -4.99. The molecule has 3 aromatic rings. The molecule has 1 aliphatic rings. The minimum Gasteiger partial charge on any atom is -0.490 e. The smallest absolute Gasteiger partial charge is 0.357 e. The molecule has 0 saturated carbocycles. The molecule has 540 valence electrons. The second-order valence-electron chi connectivity index (χ2n) is 27.4. The van der Waals surface area contributed by atoms with Crippen molar-refractivity contribution in [3.05, 3.63) is 76.3 Å². The van der Waals surface area contributed by atoms with E-state index in [9.17, 15) is 19.8 Å². The number of carboxylic acids is 1. The number of Topliss-reactive ketones (excluding diaryl/α,β-unsaturated/α-hetero) is 1. The predicted octanol–water partition coefficient (Wildman–Crippen LogP) is 20.8. The lowest BCUT2D eigenvalue weighted by Gasteiger charge is -2.37. The van der Waals surface area contributed by atoms with Crippen molar-refractivity contribution in [1.29, 1.82) is 0 Å². The zero-order valence-corrected chi connectivity index (χ0v) is 60.2. The van der Waals surface area contributed by atoms with Gasteiger partial charge in [0.15, 0.2) is 17.7 Å². The first-order valence-electron chi connectivity index (χ1n) is 38.8. The number of hydrogen-bond donors (Lipinski definition) is 3. The standard InChI is InChI=1S/C80H133N3O12/c1-5-8-11-14-17-20-23-26-29-32-35-38-41-44-47-53-60-91-68-63-67(77(86)95-80(78(87)88,75(85)66-56-51-50-52-57-66)72-70(65-84)94-76(74(72)90-4)83-59-58-71(81)82-79(83)89)64-69(92-61-54-48-45-42-39-36-33-30-27-24-21-18-15-12-9-6-2)73(68)93-62-55-49-46-43-40-37-34-31-28-25-22-19-16-13-10-7-3/h50-52,56-59,63-64,70,72,74,76,84H,5-49,53-55,60-62,65H2,1-4H3,(H,87,88)(H2,81,82,89)/t70-,72+,74-,76-,80?/m1/s1. The van der Waals surface area contributed by atoms with Crippen molar-refractivity contribution in [2.24, 2.45) is 5.92 Å². The van der Waals surface area contributed by atoms with E-state index in [1.807, 2.05) is 0 Å². The van der Waals surface area contributed by atoms with Crippen molar-refractivity contribution in [3.63, 3.8) is 0 Å². The molecular formula is C80H133N3O12. The Bertz CT molecular complexity index is 2430. The van der Waals surface area contributed by atoms with Gasteiger partial charge in [-0.3, -0.25) is 9.36 Å². The highest BCUT2D eigenvalue weighted by Gasteiger charge is 2.66. The maximum absolute atomic E-state index is 15.3. The van der Waals surface area contributed by atoms with Crippen LogP contribution < -0.4 is 25.6 Å². The summed E-state index contributed by atoms with van der Waals surface area (Å²) in [6.07, 6.45) is 56.4. The van der Waals surface area contributed by atoms with Gasteiger partial charge in [-0.05, 0) is 37.5 Å². The number of carbonyl (C=O) groups excluding carboxylic acids is 2. The number of anilines is 1. The predicted molar refractivity (Wildman–Crippen MR) is 386 cm³/mol. The molecule has 0 amide bonds. The van der Waals surface area contributed by atoms with Crippen molar-refractivity contribution < 1.29 is 53.0 Å². The van der Waals surface area contributed by atoms with Crippen molar-refractivity contribution >= 4 is 23.5 Å². The molecule has 15 heteroatoms. The highest BCUT2D eigenvalue weighted by atomic mass is 16.6. The van der Waals surface area contributed by atoms with Crippen molar-refractivity contribution in [1.82, 2.24) is 9.55 Å². The van der Waals surface area contributed by atoms with Gasteiger partial charge < -0.3 is 44.4 Å². The molecule has 0 radical (unpaired) electrons. The number of nitrogen functional groups attached to an aromatic ring is 1. The van der Waals surface area contributed by atoms with Crippen LogP contribution in [0.5, 0.6) is 17.2 Å². The van der Waals surface area contributed by atoms with Crippen LogP contribution in [-0.2, 0) is 19.0 Å². The van der Waals surface area contributed by atoms with E-state index in [4.69, 9.17) is 34.2 Å². The Morgan fingerprint density at radius 2 is 0.853 bits per heavy atom. The number of unbranched alkanes of at least 4 members (excludes halogenated alkanes) is 45. The Labute approximate surface area is 575 Å². The molecule has 1 fully saturated rings. The number of ether oxygens (including phenoxy) is 6. The molecule has 95 heavy (non-hydrogen) atoms. The summed E-state index contributed by atoms with van der Waals surface area (Å²) < 4.78 is 39.4. The Balaban J connectivity index is 1.56. The van der Waals surface area contributed by atoms with Crippen LogP contribution in [0.25, 0.3) is 0 Å². The number of nitrogens with two attached hydrogens (primary N) is 1. The molecule has 2 heterocycles. The molecule has 1 aromatic heterocycles. The summed E-state index contributed by atoms with van der Waals surface area (Å²) in [4.78, 5) is 62.0. The summed E-state index contributed by atoms with van der Waals surface area (Å²) in [5, 5.41) is 22.6. The van der Waals surface area contributed by atoms with Gasteiger partial charge >= 0.3 is 17.6 Å². The van der Waals surface area contributed by atoms with Crippen LogP contribution in [-0.4, -0.2) is 88.8 Å². The number of methoxy groups -OCH3 is 1. The van der Waals surface area contributed by atoms with E-state index in [0.717, 1.165) is 75.2 Å². The van der Waals surface area contributed by atoms with Crippen molar-refractivity contribution in [2.75, 3.05) is 39.3 Å². The summed E-state index contributed by atoms with van der Waals surface area (Å²) in [5.74, 6) is -5.06. The SMILES string of the molecule is CCCCCCCCCCCCCCCCCCOc1cc(C(=O)OC(C(=O)O)(C(=O)c2ccccc2)[C@@H]2[C@@H](OC)[C@H](n3ccc(N)nc3=O)O[C@@H]2CO)cc(OCCCCCCCCCCCCCCCCCC)c1OCCCCCCCCCCCCCCCCCC. The fourth-order valence-corrected chi connectivity index (χ4v) is 13.6. The number of rotatable bonds is 63. The Kier molecular flexibility index (Phi) is 46.0. The second kappa shape index (κ2) is 53.0. The zero-order chi connectivity index (χ0) is 68.2. The first kappa shape index (κ1) is 82.4. The largest absolute Gasteiger partial charge is 0.490 e. The first-order chi connectivity index (χ1) is 46.6. The van der Waals surface area contributed by atoms with E-state index in [-0.39, 0.29) is 28.4 Å². The number of benzene rings is 2. The minimum atomic E-state index is -3.10. The summed E-state index contributed by atoms with van der Waals surface area (Å²) >= 11 is 0. The fraction of sp³-hybridized carbons (Fsp3) is 0.762. The number of hydrogen-bond acceptors (Lipinski definition) is 13. The zero-order valence-electron chi connectivity index (χ0n) is 60.2. The Morgan fingerprint density at radius 1 is 0.505 bits per heavy atom. The summed E-state index contributed by atoms with van der Waals surface area (Å²) in [6, 6.07) is 12.0. The van der Waals surface area contributed by atoms with Crippen LogP contribution in [0.15, 0.2) is 59.5 Å². The quantitative estimate of drug-likeness (QED) is 0.0208. The monoisotopic (exact) mass is 1330 g/mol. The number of nitrogens with zero attached hydrogens (tertiary/aromatic N) is 2. The van der Waals surface area contributed by atoms with Crippen molar-refractivity contribution in [3.8, 4) is 17.2 Å². The fourth-order valence-electron chi connectivity index (χ4n) is 13.6. The molecule has 0 bridgehead atoms. The van der Waals surface area contributed by atoms with Crippen LogP contribution >= 0.6 is 0 Å². The highest BCUT2D eigenvalue weighted by Crippen LogP contribution is 2.46. The van der Waals surface area contributed by atoms with Crippen LogP contribution in [0.4, 0.5) is 5.82 Å². The van der Waals surface area contributed by atoms with E-state index < -0.39 is 60.0 Å². The van der Waals surface area contributed by atoms with Gasteiger partial charge in [-0.25, -0.2) is 14.4 Å². The van der Waals surface area contributed by atoms with Gasteiger partial charge in [0, 0.05) is 18.9 Å². The average molecular weight is 1330 g/mol. The van der Waals surface area contributed by atoms with Gasteiger partial charge in [0.25, 0.3) is 5.60 Å². The van der Waals surface area contributed by atoms with Gasteiger partial charge in [-0.15, -0.1) is 0 Å². The molecule has 4 rings (SSSR count).